The first kappa shape index (κ1) is 25.3. The third-order valence-electron chi connectivity index (χ3n) is 5.51. The van der Waals surface area contributed by atoms with Gasteiger partial charge in [-0.2, -0.15) is 4.39 Å². The standard InChI is InChI=1S/C25H36F2O4/c1-5-6-7-8-18-9-11-19(12-10-18)20-13-14-21(24(27)23(20)26)30-16-15-29-17-22(28)31-25(2,3)4/h5,13-14,18-19H,1,6-12,15-17H2,2-4H3. The summed E-state index contributed by atoms with van der Waals surface area (Å²) in [5.74, 6) is -1.67. The normalized spacial score (nSPS) is 19.1. The molecule has 174 valence electrons. The van der Waals surface area contributed by atoms with E-state index < -0.39 is 23.2 Å². The van der Waals surface area contributed by atoms with E-state index in [0.29, 0.717) is 11.5 Å². The summed E-state index contributed by atoms with van der Waals surface area (Å²) in [6, 6.07) is 3.12. The first-order valence-corrected chi connectivity index (χ1v) is 11.2. The van der Waals surface area contributed by atoms with Gasteiger partial charge in [0.15, 0.2) is 11.6 Å². The van der Waals surface area contributed by atoms with Crippen LogP contribution in [0, 0.1) is 17.6 Å². The van der Waals surface area contributed by atoms with Crippen LogP contribution in [0.2, 0.25) is 0 Å². The fourth-order valence-electron chi connectivity index (χ4n) is 4.02. The van der Waals surface area contributed by atoms with Crippen molar-refractivity contribution in [3.05, 3.63) is 42.0 Å². The lowest BCUT2D eigenvalue weighted by molar-refractivity contribution is -0.160. The van der Waals surface area contributed by atoms with Crippen LogP contribution in [0.15, 0.2) is 24.8 Å². The van der Waals surface area contributed by atoms with Gasteiger partial charge in [0.25, 0.3) is 0 Å². The van der Waals surface area contributed by atoms with Crippen LogP contribution in [0.5, 0.6) is 5.75 Å². The molecule has 6 heteroatoms. The van der Waals surface area contributed by atoms with Gasteiger partial charge in [0.2, 0.25) is 5.82 Å². The van der Waals surface area contributed by atoms with E-state index in [1.165, 1.54) is 12.5 Å². The van der Waals surface area contributed by atoms with Crippen molar-refractivity contribution in [1.82, 2.24) is 0 Å². The number of carbonyl (C=O) groups excluding carboxylic acids is 1. The Morgan fingerprint density at radius 1 is 1.13 bits per heavy atom. The predicted molar refractivity (Wildman–Crippen MR) is 117 cm³/mol. The molecule has 1 fully saturated rings. The number of benzene rings is 1. The van der Waals surface area contributed by atoms with Gasteiger partial charge in [-0.1, -0.05) is 18.6 Å². The van der Waals surface area contributed by atoms with Gasteiger partial charge in [-0.25, -0.2) is 9.18 Å². The second kappa shape index (κ2) is 12.2. The van der Waals surface area contributed by atoms with E-state index in [1.54, 1.807) is 26.8 Å². The molecule has 2 rings (SSSR count). The minimum atomic E-state index is -0.960. The maximum Gasteiger partial charge on any atom is 0.332 e. The van der Waals surface area contributed by atoms with Crippen molar-refractivity contribution in [1.29, 1.82) is 0 Å². The second-order valence-corrected chi connectivity index (χ2v) is 9.21. The predicted octanol–water partition coefficient (Wildman–Crippen LogP) is 6.33. The van der Waals surface area contributed by atoms with Crippen LogP contribution >= 0.6 is 0 Å². The van der Waals surface area contributed by atoms with Crippen molar-refractivity contribution in [3.63, 3.8) is 0 Å². The molecule has 0 unspecified atom stereocenters. The molecule has 0 heterocycles. The van der Waals surface area contributed by atoms with Crippen molar-refractivity contribution in [2.45, 2.75) is 77.2 Å². The Hall–Kier alpha value is -1.95. The highest BCUT2D eigenvalue weighted by Gasteiger charge is 2.26. The van der Waals surface area contributed by atoms with E-state index in [1.807, 2.05) is 6.08 Å². The molecule has 0 spiro atoms. The van der Waals surface area contributed by atoms with Crippen LogP contribution in [0.25, 0.3) is 0 Å². The first-order valence-electron chi connectivity index (χ1n) is 11.2. The van der Waals surface area contributed by atoms with E-state index in [0.717, 1.165) is 38.5 Å². The monoisotopic (exact) mass is 438 g/mol. The highest BCUT2D eigenvalue weighted by Crippen LogP contribution is 2.40. The number of allylic oxidation sites excluding steroid dienone is 1. The van der Waals surface area contributed by atoms with Crippen LogP contribution in [0.4, 0.5) is 8.78 Å². The Bertz CT molecular complexity index is 719. The Balaban J connectivity index is 1.78. The quantitative estimate of drug-likeness (QED) is 0.230. The number of hydrogen-bond donors (Lipinski definition) is 0. The SMILES string of the molecule is C=CCCCC1CCC(c2ccc(OCCOCC(=O)OC(C)(C)C)c(F)c2F)CC1. The molecule has 31 heavy (non-hydrogen) atoms. The number of unbranched alkanes of at least 4 members (excludes halogenated alkanes) is 1. The van der Waals surface area contributed by atoms with Gasteiger partial charge < -0.3 is 14.2 Å². The minimum Gasteiger partial charge on any atom is -0.488 e. The van der Waals surface area contributed by atoms with Crippen LogP contribution in [0.3, 0.4) is 0 Å². The number of halogens is 2. The van der Waals surface area contributed by atoms with E-state index in [9.17, 15) is 13.6 Å². The van der Waals surface area contributed by atoms with Crippen LogP contribution < -0.4 is 4.74 Å². The Morgan fingerprint density at radius 3 is 2.48 bits per heavy atom. The molecule has 0 atom stereocenters. The van der Waals surface area contributed by atoms with Crippen molar-refractivity contribution in [2.24, 2.45) is 5.92 Å². The van der Waals surface area contributed by atoms with Gasteiger partial charge in [0, 0.05) is 0 Å². The molecule has 0 amide bonds. The summed E-state index contributed by atoms with van der Waals surface area (Å²) >= 11 is 0. The van der Waals surface area contributed by atoms with Crippen molar-refractivity contribution in [2.75, 3.05) is 19.8 Å². The van der Waals surface area contributed by atoms with Gasteiger partial charge >= 0.3 is 5.97 Å². The Labute approximate surface area is 185 Å². The van der Waals surface area contributed by atoms with E-state index in [-0.39, 0.29) is 31.5 Å². The maximum absolute atomic E-state index is 14.7. The summed E-state index contributed by atoms with van der Waals surface area (Å²) in [5.41, 5.74) is -0.139. The zero-order chi connectivity index (χ0) is 22.9. The molecule has 0 saturated heterocycles. The van der Waals surface area contributed by atoms with E-state index in [4.69, 9.17) is 14.2 Å². The second-order valence-electron chi connectivity index (χ2n) is 9.21. The zero-order valence-electron chi connectivity index (χ0n) is 19.1. The third-order valence-corrected chi connectivity index (χ3v) is 5.51. The molecular formula is C25H36F2O4. The molecule has 0 aromatic heterocycles. The lowest BCUT2D eigenvalue weighted by atomic mass is 9.77. The van der Waals surface area contributed by atoms with Crippen molar-refractivity contribution < 1.29 is 27.8 Å². The number of carbonyl (C=O) groups is 1. The average molecular weight is 439 g/mol. The lowest BCUT2D eigenvalue weighted by Crippen LogP contribution is -2.27. The summed E-state index contributed by atoms with van der Waals surface area (Å²) in [7, 11) is 0. The third kappa shape index (κ3) is 8.60. The van der Waals surface area contributed by atoms with Gasteiger partial charge in [0.1, 0.15) is 18.8 Å². The highest BCUT2D eigenvalue weighted by molar-refractivity contribution is 5.71. The lowest BCUT2D eigenvalue weighted by Gasteiger charge is -2.29. The molecule has 1 aromatic rings. The molecule has 1 aliphatic rings. The molecule has 0 bridgehead atoms. The summed E-state index contributed by atoms with van der Waals surface area (Å²) in [5, 5.41) is 0. The summed E-state index contributed by atoms with van der Waals surface area (Å²) in [6.45, 7) is 8.92. The van der Waals surface area contributed by atoms with Crippen molar-refractivity contribution >= 4 is 5.97 Å². The van der Waals surface area contributed by atoms with Crippen LogP contribution in [0.1, 0.15) is 77.2 Å². The van der Waals surface area contributed by atoms with E-state index >= 15 is 0 Å². The van der Waals surface area contributed by atoms with Gasteiger partial charge in [-0.05, 0) is 82.8 Å². The largest absolute Gasteiger partial charge is 0.488 e. The van der Waals surface area contributed by atoms with Gasteiger partial charge in [-0.15, -0.1) is 6.58 Å². The Kier molecular flexibility index (Phi) is 9.94. The number of esters is 1. The fraction of sp³-hybridized carbons (Fsp3) is 0.640. The molecule has 0 aliphatic heterocycles. The van der Waals surface area contributed by atoms with Crippen LogP contribution in [-0.2, 0) is 14.3 Å². The molecule has 0 radical (unpaired) electrons. The topological polar surface area (TPSA) is 44.8 Å². The molecular weight excluding hydrogens is 402 g/mol. The average Bonchev–Trinajstić information content (AvgIpc) is 2.70. The molecule has 1 aliphatic carbocycles. The number of hydrogen-bond acceptors (Lipinski definition) is 4. The molecule has 0 N–H and O–H groups in total. The first-order chi connectivity index (χ1) is 14.7. The van der Waals surface area contributed by atoms with Gasteiger partial charge in [0.05, 0.1) is 6.61 Å². The summed E-state index contributed by atoms with van der Waals surface area (Å²) in [6.07, 6.45) is 9.18. The Morgan fingerprint density at radius 2 is 1.84 bits per heavy atom. The highest BCUT2D eigenvalue weighted by atomic mass is 19.2. The zero-order valence-corrected chi connectivity index (χ0v) is 19.1. The number of ether oxygens (including phenoxy) is 3. The maximum atomic E-state index is 14.7. The number of rotatable bonds is 11. The molecule has 1 aromatic carbocycles. The summed E-state index contributed by atoms with van der Waals surface area (Å²) in [4.78, 5) is 11.6. The van der Waals surface area contributed by atoms with Crippen LogP contribution in [-0.4, -0.2) is 31.4 Å². The molecule has 4 nitrogen and oxygen atoms in total. The fourth-order valence-corrected chi connectivity index (χ4v) is 4.02. The van der Waals surface area contributed by atoms with Gasteiger partial charge in [-0.3, -0.25) is 0 Å². The minimum absolute atomic E-state index is 0.00826. The smallest absolute Gasteiger partial charge is 0.332 e. The van der Waals surface area contributed by atoms with Crippen molar-refractivity contribution in [3.8, 4) is 5.75 Å². The summed E-state index contributed by atoms with van der Waals surface area (Å²) < 4.78 is 44.8. The van der Waals surface area contributed by atoms with E-state index in [2.05, 4.69) is 6.58 Å². The molecule has 1 saturated carbocycles.